The van der Waals surface area contributed by atoms with Crippen molar-refractivity contribution in [1.29, 1.82) is 0 Å². The third-order valence-electron chi connectivity index (χ3n) is 8.63. The van der Waals surface area contributed by atoms with Gasteiger partial charge in [-0.1, -0.05) is 91.0 Å². The van der Waals surface area contributed by atoms with Crippen molar-refractivity contribution in [3.8, 4) is 0 Å². The second-order valence-electron chi connectivity index (χ2n) is 11.2. The molecule has 9 aromatic rings. The molecule has 0 aliphatic heterocycles. The van der Waals surface area contributed by atoms with Crippen LogP contribution in [0, 0.1) is 0 Å². The monoisotopic (exact) mass is 581 g/mol. The lowest BCUT2D eigenvalue weighted by Gasteiger charge is -2.24. The maximum atomic E-state index is 16.6. The first kappa shape index (κ1) is 25.1. The lowest BCUT2D eigenvalue weighted by molar-refractivity contribution is 0.593. The first-order chi connectivity index (χ1) is 21.7. The normalized spacial score (nSPS) is 12.2. The van der Waals surface area contributed by atoms with Gasteiger partial charge in [0.15, 0.2) is 7.14 Å². The minimum Gasteiger partial charge on any atom is -0.309 e. The van der Waals surface area contributed by atoms with Gasteiger partial charge >= 0.3 is 0 Å². The summed E-state index contributed by atoms with van der Waals surface area (Å²) in [5.74, 6) is 0. The summed E-state index contributed by atoms with van der Waals surface area (Å²) in [5, 5.41) is 7.95. The highest BCUT2D eigenvalue weighted by Crippen LogP contribution is 2.48. The predicted molar refractivity (Wildman–Crippen MR) is 184 cm³/mol. The lowest BCUT2D eigenvalue weighted by Crippen LogP contribution is -2.27. The van der Waals surface area contributed by atoms with E-state index in [2.05, 4.69) is 36.4 Å². The van der Waals surface area contributed by atoms with Crippen LogP contribution in [-0.4, -0.2) is 15.0 Å². The zero-order chi connectivity index (χ0) is 29.3. The van der Waals surface area contributed by atoms with Crippen LogP contribution < -0.4 is 15.9 Å². The van der Waals surface area contributed by atoms with Gasteiger partial charge < -0.3 is 4.57 Å². The number of para-hydroxylation sites is 3. The van der Waals surface area contributed by atoms with Crippen molar-refractivity contribution in [3.63, 3.8) is 0 Å². The van der Waals surface area contributed by atoms with Gasteiger partial charge in [0, 0.05) is 48.2 Å². The fraction of sp³-hybridized carbons (Fsp3) is 0. The zero-order valence-electron chi connectivity index (χ0n) is 23.6. The van der Waals surface area contributed by atoms with Gasteiger partial charge in [-0.3, -0.25) is 0 Å². The van der Waals surface area contributed by atoms with E-state index in [9.17, 15) is 0 Å². The molecule has 44 heavy (non-hydrogen) atoms. The summed E-state index contributed by atoms with van der Waals surface area (Å²) in [4.78, 5) is 15.0. The molecule has 0 saturated heterocycles. The van der Waals surface area contributed by atoms with Gasteiger partial charge in [0.25, 0.3) is 0 Å². The molecule has 0 radical (unpaired) electrons. The molecule has 0 aliphatic carbocycles. The Morgan fingerprint density at radius 2 is 0.636 bits per heavy atom. The molecule has 4 nitrogen and oxygen atoms in total. The molecule has 206 valence electrons. The molecule has 0 aliphatic rings. The molecular formula is C39H24N3OP. The molecule has 0 amide bonds. The molecule has 0 fully saturated rings. The summed E-state index contributed by atoms with van der Waals surface area (Å²) in [6.07, 6.45) is 0. The summed E-state index contributed by atoms with van der Waals surface area (Å²) in [6.45, 7) is 0. The predicted octanol–water partition coefficient (Wildman–Crippen LogP) is 8.43. The Hall–Kier alpha value is -5.44. The SMILES string of the molecule is O=P(c1cccc2nc3ccccc3cc12)(c1cccc2nc3ccccc3cc12)c1cccc2nc3ccccc3cc12. The van der Waals surface area contributed by atoms with E-state index >= 15 is 4.57 Å². The summed E-state index contributed by atoms with van der Waals surface area (Å²) in [7, 11) is -3.57. The second-order valence-corrected chi connectivity index (χ2v) is 13.8. The van der Waals surface area contributed by atoms with E-state index in [1.807, 2.05) is 109 Å². The van der Waals surface area contributed by atoms with Gasteiger partial charge in [0.05, 0.1) is 33.1 Å². The number of fused-ring (bicyclic) bond motifs is 6. The number of benzene rings is 6. The Kier molecular flexibility index (Phi) is 5.44. The number of aromatic nitrogens is 3. The molecule has 6 aromatic carbocycles. The lowest BCUT2D eigenvalue weighted by atomic mass is 10.1. The van der Waals surface area contributed by atoms with Crippen molar-refractivity contribution >= 4 is 88.5 Å². The van der Waals surface area contributed by atoms with Crippen LogP contribution in [0.15, 0.2) is 146 Å². The fourth-order valence-corrected chi connectivity index (χ4v) is 9.78. The van der Waals surface area contributed by atoms with Crippen molar-refractivity contribution in [2.45, 2.75) is 0 Å². The third kappa shape index (κ3) is 3.71. The minimum absolute atomic E-state index is 0.759. The second kappa shape index (κ2) is 9.54. The van der Waals surface area contributed by atoms with Crippen LogP contribution in [0.1, 0.15) is 0 Å². The molecule has 0 N–H and O–H groups in total. The van der Waals surface area contributed by atoms with Gasteiger partial charge in [-0.2, -0.15) is 0 Å². The van der Waals surface area contributed by atoms with E-state index in [1.54, 1.807) is 0 Å². The number of hydrogen-bond acceptors (Lipinski definition) is 4. The smallest absolute Gasteiger partial charge is 0.173 e. The molecule has 3 heterocycles. The van der Waals surface area contributed by atoms with Crippen LogP contribution in [0.2, 0.25) is 0 Å². The molecule has 0 spiro atoms. The van der Waals surface area contributed by atoms with E-state index in [1.165, 1.54) is 0 Å². The third-order valence-corrected chi connectivity index (χ3v) is 11.8. The number of nitrogens with zero attached hydrogens (tertiary/aromatic N) is 3. The van der Waals surface area contributed by atoms with Crippen LogP contribution in [-0.2, 0) is 4.57 Å². The van der Waals surface area contributed by atoms with E-state index < -0.39 is 7.14 Å². The van der Waals surface area contributed by atoms with Gasteiger partial charge in [-0.15, -0.1) is 0 Å². The maximum Gasteiger partial charge on any atom is 0.173 e. The molecule has 0 unspecified atom stereocenters. The Morgan fingerprint density at radius 1 is 0.341 bits per heavy atom. The summed E-state index contributed by atoms with van der Waals surface area (Å²) in [5.41, 5.74) is 5.17. The van der Waals surface area contributed by atoms with Crippen molar-refractivity contribution < 1.29 is 4.57 Å². The summed E-state index contributed by atoms with van der Waals surface area (Å²) < 4.78 is 16.6. The Morgan fingerprint density at radius 3 is 0.977 bits per heavy atom. The molecule has 0 bridgehead atoms. The first-order valence-corrected chi connectivity index (χ1v) is 16.3. The van der Waals surface area contributed by atoms with Crippen molar-refractivity contribution in [2.75, 3.05) is 0 Å². The Labute approximate surface area is 253 Å². The number of rotatable bonds is 3. The average Bonchev–Trinajstić information content (AvgIpc) is 3.07. The molecule has 0 atom stereocenters. The Balaban J connectivity index is 1.46. The highest BCUT2D eigenvalue weighted by molar-refractivity contribution is 7.86. The average molecular weight is 582 g/mol. The number of pyridine rings is 3. The van der Waals surface area contributed by atoms with Gasteiger partial charge in [-0.25, -0.2) is 15.0 Å². The van der Waals surface area contributed by atoms with Gasteiger partial charge in [-0.05, 0) is 54.6 Å². The van der Waals surface area contributed by atoms with E-state index in [0.29, 0.717) is 0 Å². The summed E-state index contributed by atoms with van der Waals surface area (Å²) >= 11 is 0. The zero-order valence-corrected chi connectivity index (χ0v) is 24.4. The largest absolute Gasteiger partial charge is 0.309 e. The molecular weight excluding hydrogens is 557 g/mol. The van der Waals surface area contributed by atoms with Crippen LogP contribution in [0.25, 0.3) is 65.4 Å². The molecule has 0 saturated carbocycles. The van der Waals surface area contributed by atoms with Crippen molar-refractivity contribution in [3.05, 3.63) is 146 Å². The molecule has 5 heteroatoms. The minimum atomic E-state index is -3.57. The maximum absolute atomic E-state index is 16.6. The van der Waals surface area contributed by atoms with Gasteiger partial charge in [0.2, 0.25) is 0 Å². The van der Waals surface area contributed by atoms with Gasteiger partial charge in [0.1, 0.15) is 0 Å². The topological polar surface area (TPSA) is 55.7 Å². The quantitative estimate of drug-likeness (QED) is 0.155. The fourth-order valence-electron chi connectivity index (χ4n) is 6.56. The standard InChI is InChI=1S/C39H24N3OP/c43-44(37-19-7-16-34-28(37)22-25-10-1-4-13-31(25)40-34,38-20-8-17-35-29(38)23-26-11-2-5-14-32(26)41-35)39-21-9-18-36-30(39)24-27-12-3-6-15-33(27)42-36/h1-24H. The summed E-state index contributed by atoms with van der Waals surface area (Å²) in [6, 6.07) is 48.7. The van der Waals surface area contributed by atoms with Crippen molar-refractivity contribution in [1.82, 2.24) is 15.0 Å². The molecule has 3 aromatic heterocycles. The molecule has 9 rings (SSSR count). The Bertz CT molecular complexity index is 2370. The first-order valence-electron chi connectivity index (χ1n) is 14.6. The number of hydrogen-bond donors (Lipinski definition) is 0. The van der Waals surface area contributed by atoms with E-state index in [-0.39, 0.29) is 0 Å². The highest BCUT2D eigenvalue weighted by atomic mass is 31.2. The highest BCUT2D eigenvalue weighted by Gasteiger charge is 2.35. The van der Waals surface area contributed by atoms with Crippen LogP contribution >= 0.6 is 7.14 Å². The van der Waals surface area contributed by atoms with Crippen LogP contribution in [0.4, 0.5) is 0 Å². The van der Waals surface area contributed by atoms with Crippen LogP contribution in [0.3, 0.4) is 0 Å². The van der Waals surface area contributed by atoms with E-state index in [0.717, 1.165) is 81.3 Å². The van der Waals surface area contributed by atoms with Crippen LogP contribution in [0.5, 0.6) is 0 Å². The van der Waals surface area contributed by atoms with E-state index in [4.69, 9.17) is 15.0 Å². The van der Waals surface area contributed by atoms with Crippen molar-refractivity contribution in [2.24, 2.45) is 0 Å².